The maximum atomic E-state index is 12.6. The first-order valence-corrected chi connectivity index (χ1v) is 8.95. The number of halogens is 2. The smallest absolute Gasteiger partial charge is 0.256 e. The fraction of sp³-hybridized carbons (Fsp3) is 0.312. The summed E-state index contributed by atoms with van der Waals surface area (Å²) in [5, 5.41) is 8.49. The number of hydrogen-bond donors (Lipinski definition) is 2. The zero-order valence-corrected chi connectivity index (χ0v) is 14.8. The first-order valence-electron chi connectivity index (χ1n) is 7.38. The molecule has 2 N–H and O–H groups in total. The highest BCUT2D eigenvalue weighted by Gasteiger charge is 2.33. The van der Waals surface area contributed by atoms with Gasteiger partial charge in [-0.25, -0.2) is 0 Å². The molecule has 120 valence electrons. The van der Waals surface area contributed by atoms with Gasteiger partial charge in [0.1, 0.15) is 11.2 Å². The van der Waals surface area contributed by atoms with Gasteiger partial charge in [-0.2, -0.15) is 0 Å². The van der Waals surface area contributed by atoms with E-state index in [1.165, 1.54) is 10.4 Å². The second-order valence-corrected chi connectivity index (χ2v) is 7.86. The van der Waals surface area contributed by atoms with E-state index in [-0.39, 0.29) is 12.1 Å². The van der Waals surface area contributed by atoms with Gasteiger partial charge in [-0.15, -0.1) is 11.3 Å². The van der Waals surface area contributed by atoms with Crippen LogP contribution in [-0.2, 0) is 13.0 Å². The molecule has 2 aliphatic heterocycles. The molecule has 1 aromatic heterocycles. The lowest BCUT2D eigenvalue weighted by atomic mass is 10.0. The number of carbonyl (C=O) groups is 1. The highest BCUT2D eigenvalue weighted by Crippen LogP contribution is 2.41. The van der Waals surface area contributed by atoms with E-state index in [0.29, 0.717) is 10.0 Å². The molecule has 0 fully saturated rings. The number of anilines is 1. The van der Waals surface area contributed by atoms with Crippen LogP contribution < -0.4 is 10.6 Å². The van der Waals surface area contributed by atoms with Crippen molar-refractivity contribution in [1.82, 2.24) is 10.2 Å². The minimum Gasteiger partial charge on any atom is -0.353 e. The van der Waals surface area contributed by atoms with E-state index in [4.69, 9.17) is 23.2 Å². The van der Waals surface area contributed by atoms with Crippen LogP contribution in [0.3, 0.4) is 0 Å². The largest absolute Gasteiger partial charge is 0.353 e. The maximum Gasteiger partial charge on any atom is 0.256 e. The minimum atomic E-state index is -0.336. The lowest BCUT2D eigenvalue weighted by molar-refractivity contribution is 0.0935. The summed E-state index contributed by atoms with van der Waals surface area (Å²) in [5.41, 5.74) is 2.81. The predicted octanol–water partition coefficient (Wildman–Crippen LogP) is 3.90. The molecule has 3 heterocycles. The molecule has 0 saturated carbocycles. The molecule has 1 amide bonds. The number of carbonyl (C=O) groups excluding carboxylic acids is 1. The number of amides is 1. The van der Waals surface area contributed by atoms with E-state index in [0.717, 1.165) is 35.6 Å². The Labute approximate surface area is 148 Å². The summed E-state index contributed by atoms with van der Waals surface area (Å²) in [6, 6.07) is 5.31. The number of likely N-dealkylation sites (N-methyl/N-ethyl adjacent to an activating group) is 1. The molecule has 2 aliphatic rings. The SMILES string of the molecule is CN1CCc2c(sc3c2C(=O)N[C@@H](c2ccc(Cl)cc2Cl)N3)C1. The lowest BCUT2D eigenvalue weighted by Crippen LogP contribution is -2.38. The predicted molar refractivity (Wildman–Crippen MR) is 94.6 cm³/mol. The highest BCUT2D eigenvalue weighted by atomic mass is 35.5. The normalized spacial score (nSPS) is 20.5. The van der Waals surface area contributed by atoms with Gasteiger partial charge < -0.3 is 15.5 Å². The van der Waals surface area contributed by atoms with Crippen molar-refractivity contribution >= 4 is 45.4 Å². The van der Waals surface area contributed by atoms with Gasteiger partial charge in [-0.3, -0.25) is 4.79 Å². The lowest BCUT2D eigenvalue weighted by Gasteiger charge is -2.28. The summed E-state index contributed by atoms with van der Waals surface area (Å²) < 4.78 is 0. The zero-order chi connectivity index (χ0) is 16.1. The van der Waals surface area contributed by atoms with Gasteiger partial charge in [0.25, 0.3) is 5.91 Å². The summed E-state index contributed by atoms with van der Waals surface area (Å²) in [4.78, 5) is 16.2. The van der Waals surface area contributed by atoms with Crippen molar-refractivity contribution in [3.05, 3.63) is 49.8 Å². The first kappa shape index (κ1) is 15.3. The van der Waals surface area contributed by atoms with Crippen molar-refractivity contribution in [3.63, 3.8) is 0 Å². The molecule has 0 bridgehead atoms. The molecule has 0 unspecified atom stereocenters. The van der Waals surface area contributed by atoms with E-state index in [9.17, 15) is 4.79 Å². The van der Waals surface area contributed by atoms with Crippen LogP contribution in [0.25, 0.3) is 0 Å². The summed E-state index contributed by atoms with van der Waals surface area (Å²) >= 11 is 13.9. The van der Waals surface area contributed by atoms with Gasteiger partial charge in [0, 0.05) is 33.6 Å². The molecule has 0 spiro atoms. The number of nitrogens with zero attached hydrogens (tertiary/aromatic N) is 1. The number of nitrogens with one attached hydrogen (secondary N) is 2. The van der Waals surface area contributed by atoms with E-state index in [1.54, 1.807) is 23.5 Å². The van der Waals surface area contributed by atoms with Gasteiger partial charge >= 0.3 is 0 Å². The summed E-state index contributed by atoms with van der Waals surface area (Å²) in [6.45, 7) is 1.88. The van der Waals surface area contributed by atoms with Crippen LogP contribution in [-0.4, -0.2) is 24.4 Å². The number of hydrogen-bond acceptors (Lipinski definition) is 4. The van der Waals surface area contributed by atoms with Gasteiger partial charge in [0.2, 0.25) is 0 Å². The van der Waals surface area contributed by atoms with Gasteiger partial charge in [-0.1, -0.05) is 29.3 Å². The molecule has 4 nitrogen and oxygen atoms in total. The number of thiophene rings is 1. The monoisotopic (exact) mass is 367 g/mol. The van der Waals surface area contributed by atoms with E-state index < -0.39 is 0 Å². The van der Waals surface area contributed by atoms with E-state index >= 15 is 0 Å². The molecule has 7 heteroatoms. The molecular formula is C16H15Cl2N3OS. The summed E-state index contributed by atoms with van der Waals surface area (Å²) in [7, 11) is 2.10. The first-order chi connectivity index (χ1) is 11.0. The average molecular weight is 368 g/mol. The zero-order valence-electron chi connectivity index (χ0n) is 12.5. The van der Waals surface area contributed by atoms with Crippen molar-refractivity contribution in [3.8, 4) is 0 Å². The Morgan fingerprint density at radius 3 is 2.91 bits per heavy atom. The Morgan fingerprint density at radius 2 is 2.13 bits per heavy atom. The number of benzene rings is 1. The van der Waals surface area contributed by atoms with E-state index in [2.05, 4.69) is 22.6 Å². The Kier molecular flexibility index (Phi) is 3.76. The van der Waals surface area contributed by atoms with Crippen LogP contribution in [0.2, 0.25) is 10.0 Å². The Morgan fingerprint density at radius 1 is 1.30 bits per heavy atom. The Hall–Kier alpha value is -1.27. The number of fused-ring (bicyclic) bond motifs is 3. The van der Waals surface area contributed by atoms with Crippen molar-refractivity contribution in [1.29, 1.82) is 0 Å². The third-order valence-corrected chi connectivity index (χ3v) is 6.01. The Bertz CT molecular complexity index is 805. The van der Waals surface area contributed by atoms with Gasteiger partial charge in [0.05, 0.1) is 5.56 Å². The topological polar surface area (TPSA) is 44.4 Å². The van der Waals surface area contributed by atoms with Crippen LogP contribution in [0.4, 0.5) is 5.00 Å². The van der Waals surface area contributed by atoms with E-state index in [1.807, 2.05) is 6.07 Å². The molecule has 0 aliphatic carbocycles. The van der Waals surface area contributed by atoms with Crippen molar-refractivity contribution in [2.45, 2.75) is 19.1 Å². The molecule has 0 radical (unpaired) electrons. The molecule has 1 atom stereocenters. The molecule has 1 aromatic carbocycles. The van der Waals surface area contributed by atoms with Crippen molar-refractivity contribution < 1.29 is 4.79 Å². The second-order valence-electron chi connectivity index (χ2n) is 5.91. The second kappa shape index (κ2) is 5.67. The fourth-order valence-electron chi connectivity index (χ4n) is 3.13. The van der Waals surface area contributed by atoms with Crippen LogP contribution in [0.1, 0.15) is 32.5 Å². The fourth-order valence-corrected chi connectivity index (χ4v) is 5.01. The molecule has 4 rings (SSSR count). The molecule has 23 heavy (non-hydrogen) atoms. The van der Waals surface area contributed by atoms with Crippen LogP contribution >= 0.6 is 34.5 Å². The standard InChI is InChI=1S/C16H15Cl2N3OS/c1-21-5-4-10-12(7-21)23-16-13(10)15(22)19-14(20-16)9-3-2-8(17)6-11(9)18/h2-3,6,14,20H,4-5,7H2,1H3,(H,19,22)/t14-/m1/s1. The average Bonchev–Trinajstić information content (AvgIpc) is 2.84. The molecular weight excluding hydrogens is 353 g/mol. The van der Waals surface area contributed by atoms with Gasteiger partial charge in [-0.05, 0) is 31.2 Å². The minimum absolute atomic E-state index is 0.0307. The molecule has 2 aromatic rings. The maximum absolute atomic E-state index is 12.6. The Balaban J connectivity index is 1.71. The summed E-state index contributed by atoms with van der Waals surface area (Å²) in [5.74, 6) is -0.0307. The van der Waals surface area contributed by atoms with Crippen LogP contribution in [0.15, 0.2) is 18.2 Å². The van der Waals surface area contributed by atoms with Crippen LogP contribution in [0, 0.1) is 0 Å². The third kappa shape index (κ3) is 2.62. The van der Waals surface area contributed by atoms with Crippen LogP contribution in [0.5, 0.6) is 0 Å². The highest BCUT2D eigenvalue weighted by molar-refractivity contribution is 7.16. The number of rotatable bonds is 1. The molecule has 0 saturated heterocycles. The van der Waals surface area contributed by atoms with Crippen molar-refractivity contribution in [2.75, 3.05) is 18.9 Å². The quantitative estimate of drug-likeness (QED) is 0.803. The third-order valence-electron chi connectivity index (χ3n) is 4.30. The van der Waals surface area contributed by atoms with Crippen molar-refractivity contribution in [2.24, 2.45) is 0 Å². The summed E-state index contributed by atoms with van der Waals surface area (Å²) in [6.07, 6.45) is 0.580. The van der Waals surface area contributed by atoms with Gasteiger partial charge in [0.15, 0.2) is 0 Å².